The maximum Gasteiger partial charge on any atom is 5.00 e. The molecule has 0 heterocycles. The molecule has 0 aliphatic rings. The first-order valence-corrected chi connectivity index (χ1v) is 6.14. The van der Waals surface area contributed by atoms with Crippen LogP contribution in [-0.4, -0.2) is 39.3 Å². The van der Waals surface area contributed by atoms with Gasteiger partial charge in [0.25, 0.3) is 0 Å². The molecule has 16 heavy (non-hydrogen) atoms. The molecule has 3 nitrogen and oxygen atoms in total. The molecular formula is C12H30N3Nb+2. The summed E-state index contributed by atoms with van der Waals surface area (Å²) in [7, 11) is 0. The van der Waals surface area contributed by atoms with Crippen LogP contribution in [0.4, 0.5) is 0 Å². The van der Waals surface area contributed by atoms with Gasteiger partial charge in [0.05, 0.1) is 0 Å². The van der Waals surface area contributed by atoms with E-state index in [1.165, 1.54) is 0 Å². The minimum absolute atomic E-state index is 0. The Morgan fingerprint density at radius 1 is 0.438 bits per heavy atom. The van der Waals surface area contributed by atoms with E-state index in [9.17, 15) is 0 Å². The first kappa shape index (κ1) is 25.5. The summed E-state index contributed by atoms with van der Waals surface area (Å²) in [6, 6.07) is 0. The summed E-state index contributed by atoms with van der Waals surface area (Å²) in [4.78, 5) is 0. The summed E-state index contributed by atoms with van der Waals surface area (Å²) in [5.41, 5.74) is 0. The Labute approximate surface area is 119 Å². The first-order chi connectivity index (χ1) is 7.24. The van der Waals surface area contributed by atoms with Gasteiger partial charge in [0, 0.05) is 0 Å². The fraction of sp³-hybridized carbons (Fsp3) is 1.00. The molecule has 0 unspecified atom stereocenters. The van der Waals surface area contributed by atoms with Crippen molar-refractivity contribution in [1.82, 2.24) is 0 Å². The van der Waals surface area contributed by atoms with Gasteiger partial charge in [0.15, 0.2) is 0 Å². The zero-order valence-corrected chi connectivity index (χ0v) is 14.2. The summed E-state index contributed by atoms with van der Waals surface area (Å²) in [6.07, 6.45) is 0. The largest absolute Gasteiger partial charge is 5.00 e. The van der Waals surface area contributed by atoms with Crippen molar-refractivity contribution in [3.05, 3.63) is 16.0 Å². The summed E-state index contributed by atoms with van der Waals surface area (Å²) in [6.45, 7) is 18.1. The maximum absolute atomic E-state index is 3.97. The molecule has 0 rings (SSSR count). The molecule has 0 saturated carbocycles. The van der Waals surface area contributed by atoms with Gasteiger partial charge in [0.1, 0.15) is 0 Å². The van der Waals surface area contributed by atoms with Gasteiger partial charge < -0.3 is 16.0 Å². The van der Waals surface area contributed by atoms with Crippen LogP contribution >= 0.6 is 0 Å². The molecule has 0 atom stereocenters. The molecule has 0 aromatic carbocycles. The molecule has 0 bridgehead atoms. The number of hydrogen-bond donors (Lipinski definition) is 0. The van der Waals surface area contributed by atoms with Crippen molar-refractivity contribution in [1.29, 1.82) is 0 Å². The van der Waals surface area contributed by atoms with Gasteiger partial charge in [-0.15, -0.1) is 0 Å². The average Bonchev–Trinajstić information content (AvgIpc) is 2.23. The van der Waals surface area contributed by atoms with Crippen molar-refractivity contribution in [2.45, 2.75) is 41.5 Å². The Kier molecular flexibility index (Phi) is 57.4. The summed E-state index contributed by atoms with van der Waals surface area (Å²) in [5.74, 6) is 0. The molecule has 0 aliphatic carbocycles. The molecule has 0 fully saturated rings. The monoisotopic (exact) mass is 309 g/mol. The molecule has 0 aromatic rings. The van der Waals surface area contributed by atoms with Crippen molar-refractivity contribution >= 4 is 0 Å². The van der Waals surface area contributed by atoms with E-state index >= 15 is 0 Å². The van der Waals surface area contributed by atoms with Crippen LogP contribution in [-0.2, 0) is 22.4 Å². The minimum Gasteiger partial charge on any atom is -0.663 e. The van der Waals surface area contributed by atoms with E-state index in [4.69, 9.17) is 0 Å². The zero-order chi connectivity index (χ0) is 12.4. The van der Waals surface area contributed by atoms with Crippen molar-refractivity contribution in [3.8, 4) is 0 Å². The Balaban J connectivity index is -0.0000000655. The Bertz CT molecular complexity index is 53.0. The minimum atomic E-state index is 0. The smallest absolute Gasteiger partial charge is 0.663 e. The van der Waals surface area contributed by atoms with Gasteiger partial charge >= 0.3 is 22.4 Å². The van der Waals surface area contributed by atoms with Crippen LogP contribution in [0.25, 0.3) is 16.0 Å². The van der Waals surface area contributed by atoms with E-state index in [2.05, 4.69) is 16.0 Å². The second-order valence-electron chi connectivity index (χ2n) is 2.57. The van der Waals surface area contributed by atoms with Gasteiger partial charge in [-0.25, -0.2) is 0 Å². The van der Waals surface area contributed by atoms with Crippen molar-refractivity contribution in [2.24, 2.45) is 0 Å². The fourth-order valence-electron chi connectivity index (χ4n) is 0.671. The van der Waals surface area contributed by atoms with Gasteiger partial charge in [0.2, 0.25) is 0 Å². The molecule has 4 heteroatoms. The third kappa shape index (κ3) is 61.9. The van der Waals surface area contributed by atoms with Gasteiger partial charge in [-0.1, -0.05) is 41.5 Å². The van der Waals surface area contributed by atoms with E-state index < -0.39 is 0 Å². The Morgan fingerprint density at radius 2 is 0.562 bits per heavy atom. The Hall–Kier alpha value is 0.620. The second-order valence-corrected chi connectivity index (χ2v) is 2.57. The predicted octanol–water partition coefficient (Wildman–Crippen LogP) is 4.20. The molecule has 0 aromatic heterocycles. The normalized spacial score (nSPS) is 7.88. The van der Waals surface area contributed by atoms with Crippen LogP contribution in [0.15, 0.2) is 0 Å². The van der Waals surface area contributed by atoms with Crippen LogP contribution in [0.2, 0.25) is 0 Å². The predicted molar refractivity (Wildman–Crippen MR) is 73.3 cm³/mol. The maximum atomic E-state index is 3.97. The summed E-state index contributed by atoms with van der Waals surface area (Å²) < 4.78 is 0. The van der Waals surface area contributed by atoms with Gasteiger partial charge in [-0.3, -0.25) is 0 Å². The van der Waals surface area contributed by atoms with Crippen molar-refractivity contribution < 1.29 is 22.4 Å². The van der Waals surface area contributed by atoms with Crippen LogP contribution < -0.4 is 0 Å². The van der Waals surface area contributed by atoms with E-state index in [1.54, 1.807) is 0 Å². The first-order valence-electron chi connectivity index (χ1n) is 6.14. The van der Waals surface area contributed by atoms with E-state index in [-0.39, 0.29) is 22.4 Å². The topological polar surface area (TPSA) is 42.3 Å². The summed E-state index contributed by atoms with van der Waals surface area (Å²) in [5, 5.41) is 11.9. The SMILES string of the molecule is CC[N-]CC.CC[N-]CC.CC[N-]CC.[Nb+5]. The standard InChI is InChI=1S/3C4H10N.Nb/c3*1-3-5-4-2;/h3*3-4H2,1-2H3;/q3*-1;+5. The molecule has 0 N–H and O–H groups in total. The quantitative estimate of drug-likeness (QED) is 0.660. The molecule has 0 aliphatic heterocycles. The average molecular weight is 309 g/mol. The second kappa shape index (κ2) is 36.1. The third-order valence-electron chi connectivity index (χ3n) is 1.34. The zero-order valence-electron chi connectivity index (χ0n) is 12.0. The Morgan fingerprint density at radius 3 is 0.562 bits per heavy atom. The molecule has 96 valence electrons. The van der Waals surface area contributed by atoms with Crippen LogP contribution in [0.5, 0.6) is 0 Å². The third-order valence-corrected chi connectivity index (χ3v) is 1.34. The fourth-order valence-corrected chi connectivity index (χ4v) is 0.671. The van der Waals surface area contributed by atoms with E-state index in [0.717, 1.165) is 39.3 Å². The van der Waals surface area contributed by atoms with Crippen LogP contribution in [0.3, 0.4) is 0 Å². The molecular weight excluding hydrogens is 279 g/mol. The van der Waals surface area contributed by atoms with Crippen LogP contribution in [0.1, 0.15) is 41.5 Å². The number of hydrogen-bond acceptors (Lipinski definition) is 0. The van der Waals surface area contributed by atoms with Crippen molar-refractivity contribution in [3.63, 3.8) is 0 Å². The molecule has 0 spiro atoms. The van der Waals surface area contributed by atoms with Crippen molar-refractivity contribution in [2.75, 3.05) is 39.3 Å². The van der Waals surface area contributed by atoms with Crippen LogP contribution in [0, 0.1) is 0 Å². The van der Waals surface area contributed by atoms with Gasteiger partial charge in [-0.2, -0.15) is 39.3 Å². The molecule has 0 radical (unpaired) electrons. The molecule has 0 saturated heterocycles. The summed E-state index contributed by atoms with van der Waals surface area (Å²) >= 11 is 0. The van der Waals surface area contributed by atoms with E-state index in [1.807, 2.05) is 41.5 Å². The van der Waals surface area contributed by atoms with E-state index in [0.29, 0.717) is 0 Å². The molecule has 0 amide bonds. The number of rotatable bonds is 6. The number of nitrogens with zero attached hydrogens (tertiary/aromatic N) is 3. The van der Waals surface area contributed by atoms with Gasteiger partial charge in [-0.05, 0) is 0 Å².